The lowest BCUT2D eigenvalue weighted by molar-refractivity contribution is -0.134. The van der Waals surface area contributed by atoms with Crippen LogP contribution in [0.15, 0.2) is 24.5 Å². The van der Waals surface area contributed by atoms with Gasteiger partial charge in [-0.25, -0.2) is 0 Å². The number of nitrogens with zero attached hydrogens (tertiary/aromatic N) is 2. The Kier molecular flexibility index (Phi) is 4.70. The van der Waals surface area contributed by atoms with E-state index in [1.807, 2.05) is 17.0 Å². The predicted octanol–water partition coefficient (Wildman–Crippen LogP) is 1.39. The van der Waals surface area contributed by atoms with E-state index in [1.165, 1.54) is 6.42 Å². The number of hydrogen-bond donors (Lipinski definition) is 1. The van der Waals surface area contributed by atoms with Gasteiger partial charge in [-0.2, -0.15) is 0 Å². The molecule has 98 valence electrons. The average molecular weight is 248 g/mol. The molecule has 2 rings (SSSR count). The highest BCUT2D eigenvalue weighted by molar-refractivity contribution is 5.79. The fourth-order valence-electron chi connectivity index (χ4n) is 2.23. The summed E-state index contributed by atoms with van der Waals surface area (Å²) in [6, 6.07) is 4.17. The van der Waals surface area contributed by atoms with E-state index >= 15 is 0 Å². The van der Waals surface area contributed by atoms with Gasteiger partial charge in [0.05, 0.1) is 6.42 Å². The topological polar surface area (TPSA) is 53.4 Å². The molecule has 1 aromatic rings. The summed E-state index contributed by atoms with van der Waals surface area (Å²) >= 11 is 0. The third-order valence-corrected chi connectivity index (χ3v) is 3.47. The maximum atomic E-state index is 12.3. The maximum Gasteiger partial charge on any atom is 0.227 e. The van der Waals surface area contributed by atoms with Crippen molar-refractivity contribution < 1.29 is 9.90 Å². The van der Waals surface area contributed by atoms with Crippen molar-refractivity contribution in [1.29, 1.82) is 0 Å². The molecule has 0 saturated heterocycles. The summed E-state index contributed by atoms with van der Waals surface area (Å²) < 4.78 is 0. The van der Waals surface area contributed by atoms with Crippen molar-refractivity contribution in [2.45, 2.75) is 38.1 Å². The molecular formula is C14H20N2O2. The van der Waals surface area contributed by atoms with Crippen LogP contribution in [0, 0.1) is 0 Å². The van der Waals surface area contributed by atoms with Crippen molar-refractivity contribution in [3.05, 3.63) is 30.1 Å². The summed E-state index contributed by atoms with van der Waals surface area (Å²) in [7, 11) is 0. The number of carbonyl (C=O) groups is 1. The minimum Gasteiger partial charge on any atom is -0.396 e. The van der Waals surface area contributed by atoms with Crippen LogP contribution in [0.3, 0.4) is 0 Å². The van der Waals surface area contributed by atoms with Crippen molar-refractivity contribution in [3.8, 4) is 0 Å². The van der Waals surface area contributed by atoms with Crippen LogP contribution in [0.25, 0.3) is 0 Å². The zero-order valence-corrected chi connectivity index (χ0v) is 10.6. The van der Waals surface area contributed by atoms with E-state index < -0.39 is 0 Å². The fourth-order valence-corrected chi connectivity index (χ4v) is 2.23. The molecule has 1 amide bonds. The van der Waals surface area contributed by atoms with Gasteiger partial charge in [0.1, 0.15) is 0 Å². The van der Waals surface area contributed by atoms with Gasteiger partial charge in [-0.3, -0.25) is 9.78 Å². The summed E-state index contributed by atoms with van der Waals surface area (Å²) in [5.41, 5.74) is 0.954. The van der Waals surface area contributed by atoms with Crippen LogP contribution in [0.4, 0.5) is 0 Å². The number of aliphatic hydroxyl groups is 1. The molecule has 0 spiro atoms. The lowest BCUT2D eigenvalue weighted by Gasteiger charge is -2.37. The number of carbonyl (C=O) groups excluding carboxylic acids is 1. The quantitative estimate of drug-likeness (QED) is 0.827. The van der Waals surface area contributed by atoms with E-state index in [9.17, 15) is 4.79 Å². The van der Waals surface area contributed by atoms with Crippen LogP contribution in [0.5, 0.6) is 0 Å². The Bertz CT molecular complexity index is 377. The second-order valence-corrected chi connectivity index (χ2v) is 4.79. The molecule has 0 atom stereocenters. The van der Waals surface area contributed by atoms with Gasteiger partial charge >= 0.3 is 0 Å². The third kappa shape index (κ3) is 3.29. The molecule has 1 N–H and O–H groups in total. The number of amides is 1. The van der Waals surface area contributed by atoms with E-state index in [4.69, 9.17) is 5.11 Å². The highest BCUT2D eigenvalue weighted by Gasteiger charge is 2.28. The molecule has 18 heavy (non-hydrogen) atoms. The van der Waals surface area contributed by atoms with Crippen LogP contribution in [-0.2, 0) is 11.2 Å². The zero-order chi connectivity index (χ0) is 12.8. The van der Waals surface area contributed by atoms with Crippen molar-refractivity contribution in [2.24, 2.45) is 0 Å². The summed E-state index contributed by atoms with van der Waals surface area (Å²) in [5, 5.41) is 8.91. The molecule has 1 saturated carbocycles. The minimum absolute atomic E-state index is 0.142. The highest BCUT2D eigenvalue weighted by Crippen LogP contribution is 2.25. The molecule has 1 aliphatic rings. The first kappa shape index (κ1) is 13.0. The number of aromatic nitrogens is 1. The number of rotatable bonds is 6. The molecule has 0 aromatic carbocycles. The van der Waals surface area contributed by atoms with Crippen molar-refractivity contribution >= 4 is 5.91 Å². The Morgan fingerprint density at radius 1 is 1.50 bits per heavy atom. The molecule has 1 heterocycles. The largest absolute Gasteiger partial charge is 0.396 e. The molecular weight excluding hydrogens is 228 g/mol. The minimum atomic E-state index is 0.142. The highest BCUT2D eigenvalue weighted by atomic mass is 16.3. The molecule has 4 nitrogen and oxygen atoms in total. The van der Waals surface area contributed by atoms with Gasteiger partial charge < -0.3 is 10.0 Å². The van der Waals surface area contributed by atoms with E-state index in [-0.39, 0.29) is 12.5 Å². The summed E-state index contributed by atoms with van der Waals surface area (Å²) in [4.78, 5) is 18.2. The SMILES string of the molecule is O=C(Cc1cccnc1)N(CCCO)C1CCC1. The van der Waals surface area contributed by atoms with Gasteiger partial charge in [0.15, 0.2) is 0 Å². The Morgan fingerprint density at radius 2 is 2.33 bits per heavy atom. The Labute approximate surface area is 108 Å². The van der Waals surface area contributed by atoms with Crippen LogP contribution in [0.2, 0.25) is 0 Å². The molecule has 0 aliphatic heterocycles. The van der Waals surface area contributed by atoms with Crippen molar-refractivity contribution in [2.75, 3.05) is 13.2 Å². The van der Waals surface area contributed by atoms with E-state index in [1.54, 1.807) is 12.4 Å². The molecule has 4 heteroatoms. The second-order valence-electron chi connectivity index (χ2n) is 4.79. The Morgan fingerprint density at radius 3 is 2.89 bits per heavy atom. The molecule has 0 radical (unpaired) electrons. The lowest BCUT2D eigenvalue weighted by atomic mass is 9.91. The summed E-state index contributed by atoms with van der Waals surface area (Å²) in [6.07, 6.45) is 7.94. The lowest BCUT2D eigenvalue weighted by Crippen LogP contribution is -2.45. The number of hydrogen-bond acceptors (Lipinski definition) is 3. The van der Waals surface area contributed by atoms with E-state index in [0.717, 1.165) is 18.4 Å². The summed E-state index contributed by atoms with van der Waals surface area (Å²) in [5.74, 6) is 0.154. The van der Waals surface area contributed by atoms with Gasteiger partial charge in [-0.05, 0) is 37.3 Å². The van der Waals surface area contributed by atoms with Gasteiger partial charge in [0.2, 0.25) is 5.91 Å². The zero-order valence-electron chi connectivity index (χ0n) is 10.6. The first-order chi connectivity index (χ1) is 8.81. The van der Waals surface area contributed by atoms with E-state index in [2.05, 4.69) is 4.98 Å². The average Bonchev–Trinajstić information content (AvgIpc) is 2.33. The molecule has 0 bridgehead atoms. The standard InChI is InChI=1S/C14H20N2O2/c17-9-3-8-16(13-5-1-6-13)14(18)10-12-4-2-7-15-11-12/h2,4,7,11,13,17H,1,3,5-6,8-10H2. The smallest absolute Gasteiger partial charge is 0.227 e. The van der Waals surface area contributed by atoms with Crippen LogP contribution in [-0.4, -0.2) is 40.1 Å². The first-order valence-corrected chi connectivity index (χ1v) is 6.60. The third-order valence-electron chi connectivity index (χ3n) is 3.47. The van der Waals surface area contributed by atoms with Crippen molar-refractivity contribution in [1.82, 2.24) is 9.88 Å². The molecule has 1 fully saturated rings. The fraction of sp³-hybridized carbons (Fsp3) is 0.571. The van der Waals surface area contributed by atoms with Crippen LogP contribution in [0.1, 0.15) is 31.2 Å². The van der Waals surface area contributed by atoms with Gasteiger partial charge in [0.25, 0.3) is 0 Å². The van der Waals surface area contributed by atoms with E-state index in [0.29, 0.717) is 25.4 Å². The van der Waals surface area contributed by atoms with Gasteiger partial charge in [-0.15, -0.1) is 0 Å². The van der Waals surface area contributed by atoms with Gasteiger partial charge in [-0.1, -0.05) is 6.07 Å². The Hall–Kier alpha value is -1.42. The molecule has 1 aliphatic carbocycles. The summed E-state index contributed by atoms with van der Waals surface area (Å²) in [6.45, 7) is 0.809. The predicted molar refractivity (Wildman–Crippen MR) is 69.0 cm³/mol. The monoisotopic (exact) mass is 248 g/mol. The molecule has 1 aromatic heterocycles. The molecule has 0 unspecified atom stereocenters. The first-order valence-electron chi connectivity index (χ1n) is 6.60. The second kappa shape index (κ2) is 6.50. The van der Waals surface area contributed by atoms with Gasteiger partial charge in [0, 0.05) is 31.6 Å². The van der Waals surface area contributed by atoms with Crippen LogP contribution >= 0.6 is 0 Å². The van der Waals surface area contributed by atoms with Crippen molar-refractivity contribution in [3.63, 3.8) is 0 Å². The maximum absolute atomic E-state index is 12.3. The van der Waals surface area contributed by atoms with Crippen LogP contribution < -0.4 is 0 Å². The number of pyridine rings is 1. The normalized spacial score (nSPS) is 15.2. The Balaban J connectivity index is 1.94. The number of aliphatic hydroxyl groups excluding tert-OH is 1.